The minimum atomic E-state index is -1.76. The molecule has 0 unspecified atom stereocenters. The molecular weight excluding hydrogens is 320 g/mol. The number of rotatable bonds is 6. The third kappa shape index (κ3) is 4.80. The Labute approximate surface area is 137 Å². The lowest BCUT2D eigenvalue weighted by Crippen LogP contribution is -2.10. The van der Waals surface area contributed by atoms with Crippen LogP contribution in [0.1, 0.15) is 29.4 Å². The first-order chi connectivity index (χ1) is 11.5. The summed E-state index contributed by atoms with van der Waals surface area (Å²) in [4.78, 5) is 23.8. The molecule has 2 rings (SSSR count). The van der Waals surface area contributed by atoms with Gasteiger partial charge in [0, 0.05) is 18.8 Å². The number of halogens is 2. The molecule has 0 bridgehead atoms. The highest BCUT2D eigenvalue weighted by Gasteiger charge is 2.14. The first-order valence-electron chi connectivity index (χ1n) is 7.06. The lowest BCUT2D eigenvalue weighted by atomic mass is 10.2. The first kappa shape index (κ1) is 17.5. The molecule has 8 heteroatoms. The number of esters is 1. The van der Waals surface area contributed by atoms with Gasteiger partial charge in [0.1, 0.15) is 5.75 Å². The van der Waals surface area contributed by atoms with Gasteiger partial charge in [-0.05, 0) is 31.6 Å². The zero-order chi connectivity index (χ0) is 17.5. The maximum absolute atomic E-state index is 12.3. The average molecular weight is 335 g/mol. The van der Waals surface area contributed by atoms with E-state index < -0.39 is 12.0 Å². The third-order valence-electron chi connectivity index (χ3n) is 3.05. The molecule has 0 radical (unpaired) electrons. The number of ether oxygens (including phenoxy) is 2. The fraction of sp³-hybridized carbons (Fsp3) is 0.250. The van der Waals surface area contributed by atoms with Crippen molar-refractivity contribution in [3.05, 3.63) is 53.6 Å². The van der Waals surface area contributed by atoms with Gasteiger partial charge in [0.15, 0.2) is 0 Å². The third-order valence-corrected chi connectivity index (χ3v) is 3.05. The van der Waals surface area contributed by atoms with Crippen molar-refractivity contribution in [3.63, 3.8) is 0 Å². The fourth-order valence-corrected chi connectivity index (χ4v) is 1.68. The van der Waals surface area contributed by atoms with E-state index in [0.717, 1.165) is 0 Å². The van der Waals surface area contributed by atoms with Crippen LogP contribution in [-0.2, 0) is 4.74 Å². The molecule has 126 valence electrons. The predicted octanol–water partition coefficient (Wildman–Crippen LogP) is 3.69. The highest BCUT2D eigenvalue weighted by molar-refractivity contribution is 5.90. The highest BCUT2D eigenvalue weighted by Crippen LogP contribution is 2.17. The number of carbonyl (C=O) groups is 1. The highest BCUT2D eigenvalue weighted by atomic mass is 19.3. The molecule has 0 amide bonds. The molecule has 0 aromatic carbocycles. The Hall–Kier alpha value is -2.90. The summed E-state index contributed by atoms with van der Waals surface area (Å²) in [6.45, 7) is 2.73. The monoisotopic (exact) mass is 335 g/mol. The van der Waals surface area contributed by atoms with Gasteiger partial charge >= 0.3 is 12.0 Å². The van der Waals surface area contributed by atoms with Gasteiger partial charge in [-0.1, -0.05) is 0 Å². The Morgan fingerprint density at radius 3 is 2.71 bits per heavy atom. The summed E-state index contributed by atoms with van der Waals surface area (Å²) < 4.78 is 34.9. The molecule has 0 spiro atoms. The van der Waals surface area contributed by atoms with Gasteiger partial charge in [0.2, 0.25) is 0 Å². The van der Waals surface area contributed by atoms with Crippen molar-refractivity contribution in [3.8, 4) is 11.8 Å². The second kappa shape index (κ2) is 8.09. The average Bonchev–Trinajstić information content (AvgIpc) is 2.55. The van der Waals surface area contributed by atoms with Crippen molar-refractivity contribution >= 4 is 5.97 Å². The van der Waals surface area contributed by atoms with E-state index in [9.17, 15) is 13.6 Å². The van der Waals surface area contributed by atoms with Crippen LogP contribution in [0.4, 0.5) is 8.78 Å². The Kier molecular flexibility index (Phi) is 5.89. The lowest BCUT2D eigenvalue weighted by molar-refractivity contribution is 0.0505. The molecule has 24 heavy (non-hydrogen) atoms. The van der Waals surface area contributed by atoms with Crippen molar-refractivity contribution in [2.45, 2.75) is 20.3 Å². The summed E-state index contributed by atoms with van der Waals surface area (Å²) in [5.74, 6) is -0.213. The molecule has 2 heterocycles. The van der Waals surface area contributed by atoms with Gasteiger partial charge < -0.3 is 9.47 Å². The lowest BCUT2D eigenvalue weighted by Gasteiger charge is -2.08. The van der Waals surface area contributed by atoms with E-state index in [1.54, 1.807) is 25.3 Å². The maximum atomic E-state index is 12.3. The van der Waals surface area contributed by atoms with Crippen LogP contribution in [0.5, 0.6) is 11.8 Å². The smallest absolute Gasteiger partial charge is 0.341 e. The first-order valence-corrected chi connectivity index (χ1v) is 7.06. The van der Waals surface area contributed by atoms with Crippen molar-refractivity contribution in [1.29, 1.82) is 0 Å². The number of aromatic nitrogens is 3. The van der Waals surface area contributed by atoms with Crippen LogP contribution in [0, 0.1) is 6.92 Å². The molecule has 6 nitrogen and oxygen atoms in total. The summed E-state index contributed by atoms with van der Waals surface area (Å²) in [7, 11) is 0. The van der Waals surface area contributed by atoms with Crippen molar-refractivity contribution < 1.29 is 23.0 Å². The van der Waals surface area contributed by atoms with Crippen LogP contribution < -0.4 is 4.74 Å². The molecular formula is C16H15F2N3O3. The largest absolute Gasteiger partial charge is 0.462 e. The van der Waals surface area contributed by atoms with Gasteiger partial charge in [0.05, 0.1) is 24.1 Å². The molecule has 0 aliphatic heterocycles. The van der Waals surface area contributed by atoms with Crippen molar-refractivity contribution in [2.75, 3.05) is 6.61 Å². The number of hydrogen-bond acceptors (Lipinski definition) is 6. The number of nitrogens with zero attached hydrogens (tertiary/aromatic N) is 3. The molecule has 0 aliphatic carbocycles. The molecule has 0 saturated heterocycles. The fourth-order valence-electron chi connectivity index (χ4n) is 1.68. The number of pyridine rings is 1. The van der Waals surface area contributed by atoms with E-state index >= 15 is 0 Å². The van der Waals surface area contributed by atoms with E-state index in [1.807, 2.05) is 0 Å². The molecule has 0 atom stereocenters. The molecule has 0 saturated carbocycles. The van der Waals surface area contributed by atoms with E-state index in [0.29, 0.717) is 11.4 Å². The van der Waals surface area contributed by atoms with E-state index in [2.05, 4.69) is 15.0 Å². The molecule has 0 aliphatic rings. The predicted molar refractivity (Wildman–Crippen MR) is 80.9 cm³/mol. The Morgan fingerprint density at radius 1 is 1.29 bits per heavy atom. The van der Waals surface area contributed by atoms with E-state index in [4.69, 9.17) is 9.47 Å². The van der Waals surface area contributed by atoms with Crippen molar-refractivity contribution in [1.82, 2.24) is 15.0 Å². The van der Waals surface area contributed by atoms with E-state index in [-0.39, 0.29) is 30.2 Å². The Balaban J connectivity index is 1.99. The normalized spacial score (nSPS) is 10.2. The van der Waals surface area contributed by atoms with Gasteiger partial charge in [-0.2, -0.15) is 13.8 Å². The minimum Gasteiger partial charge on any atom is -0.462 e. The van der Waals surface area contributed by atoms with Crippen LogP contribution in [0.15, 0.2) is 42.4 Å². The van der Waals surface area contributed by atoms with Gasteiger partial charge in [-0.3, -0.25) is 4.98 Å². The second-order valence-corrected chi connectivity index (χ2v) is 4.87. The summed E-state index contributed by atoms with van der Waals surface area (Å²) in [5.41, 5.74) is 0.393. The summed E-state index contributed by atoms with van der Waals surface area (Å²) >= 11 is 0. The molecule has 0 fully saturated rings. The minimum absolute atomic E-state index is 0.0316. The Bertz CT molecular complexity index is 747. The number of carbonyl (C=O) groups excluding carboxylic acids is 1. The quantitative estimate of drug-likeness (QED) is 0.750. The Morgan fingerprint density at radius 2 is 2.08 bits per heavy atom. The maximum Gasteiger partial charge on any atom is 0.341 e. The summed E-state index contributed by atoms with van der Waals surface area (Å²) in [5, 5.41) is 0. The van der Waals surface area contributed by atoms with E-state index in [1.165, 1.54) is 19.3 Å². The van der Waals surface area contributed by atoms with Crippen LogP contribution in [0.2, 0.25) is 0 Å². The summed E-state index contributed by atoms with van der Waals surface area (Å²) in [6, 6.07) is 3.45. The topological polar surface area (TPSA) is 74.2 Å². The number of hydrogen-bond donors (Lipinski definition) is 0. The molecule has 0 N–H and O–H groups in total. The zero-order valence-corrected chi connectivity index (χ0v) is 13.1. The number of aryl methyl sites for hydroxylation is 1. The van der Waals surface area contributed by atoms with Crippen LogP contribution in [0.3, 0.4) is 0 Å². The van der Waals surface area contributed by atoms with Crippen LogP contribution in [-0.4, -0.2) is 27.5 Å². The standard InChI is InChI=1S/C16H15F2N3O3/c1-10(14(17)18)5-7-23-15(22)13-9-20-16(21-11(13)2)24-12-4-3-6-19-8-12/h3-4,6,8-9H,5,7H2,1-2H3. The summed E-state index contributed by atoms with van der Waals surface area (Å²) in [6.07, 6.45) is 2.58. The molecule has 2 aromatic rings. The van der Waals surface area contributed by atoms with Crippen LogP contribution >= 0.6 is 0 Å². The zero-order valence-electron chi connectivity index (χ0n) is 13.1. The second-order valence-electron chi connectivity index (χ2n) is 4.87. The SMILES string of the molecule is CC(CCOC(=O)c1cnc(Oc2cccnc2)nc1C)=C(F)F. The molecule has 2 aromatic heterocycles. The van der Waals surface area contributed by atoms with Gasteiger partial charge in [-0.15, -0.1) is 0 Å². The van der Waals surface area contributed by atoms with Gasteiger partial charge in [-0.25, -0.2) is 9.78 Å². The van der Waals surface area contributed by atoms with Crippen molar-refractivity contribution in [2.24, 2.45) is 0 Å². The van der Waals surface area contributed by atoms with Crippen LogP contribution in [0.25, 0.3) is 0 Å². The van der Waals surface area contributed by atoms with Gasteiger partial charge in [0.25, 0.3) is 6.08 Å².